The Labute approximate surface area is 214 Å². The molecule has 0 saturated heterocycles. The molecule has 0 N–H and O–H groups in total. The molecule has 1 heterocycles. The smallest absolute Gasteiger partial charge is 0.287 e. The molecule has 3 aromatic carbocycles. The number of amides is 3. The van der Waals surface area contributed by atoms with E-state index in [1.54, 1.807) is 25.1 Å². The second-order valence-electron chi connectivity index (χ2n) is 7.81. The average molecular weight is 526 g/mol. The summed E-state index contributed by atoms with van der Waals surface area (Å²) in [4.78, 5) is 65.0. The van der Waals surface area contributed by atoms with Gasteiger partial charge in [0, 0.05) is 16.7 Å². The van der Waals surface area contributed by atoms with Crippen LogP contribution in [-0.4, -0.2) is 44.5 Å². The largest absolute Gasteiger partial charge is 0.292 e. The number of imide groups is 1. The number of hydrogen-bond acceptors (Lipinski definition) is 6. The molecule has 0 fully saturated rings. The number of carbonyl (C=O) groups excluding carboxylic acids is 4. The average Bonchev–Trinajstić information content (AvgIpc) is 3.12. The molecule has 11 heteroatoms. The first-order valence-electron chi connectivity index (χ1n) is 10.7. The van der Waals surface area contributed by atoms with E-state index in [1.165, 1.54) is 42.5 Å². The lowest BCUT2D eigenvalue weighted by molar-refractivity contribution is -0.385. The Hall–Kier alpha value is -4.08. The minimum absolute atomic E-state index is 0.0141. The van der Waals surface area contributed by atoms with Crippen LogP contribution in [0.2, 0.25) is 10.0 Å². The number of hydrazine groups is 1. The first-order chi connectivity index (χ1) is 17.2. The summed E-state index contributed by atoms with van der Waals surface area (Å²) in [5.74, 6) is -3.54. The topological polar surface area (TPSA) is 118 Å². The van der Waals surface area contributed by atoms with Gasteiger partial charge in [-0.15, -0.1) is 0 Å². The first kappa shape index (κ1) is 25.0. The van der Waals surface area contributed by atoms with Crippen molar-refractivity contribution in [2.45, 2.75) is 19.4 Å². The van der Waals surface area contributed by atoms with Crippen LogP contribution < -0.4 is 0 Å². The monoisotopic (exact) mass is 525 g/mol. The Bertz CT molecular complexity index is 1430. The van der Waals surface area contributed by atoms with E-state index in [0.717, 1.165) is 11.1 Å². The van der Waals surface area contributed by atoms with Gasteiger partial charge in [-0.3, -0.25) is 29.3 Å². The Balaban J connectivity index is 1.89. The number of nitro benzene ring substituents is 1. The third kappa shape index (κ3) is 4.23. The van der Waals surface area contributed by atoms with Crippen molar-refractivity contribution in [1.82, 2.24) is 10.0 Å². The number of fused-ring (bicyclic) bond motifs is 1. The molecule has 0 saturated carbocycles. The summed E-state index contributed by atoms with van der Waals surface area (Å²) in [5, 5.41) is 13.0. The highest BCUT2D eigenvalue weighted by Crippen LogP contribution is 2.34. The summed E-state index contributed by atoms with van der Waals surface area (Å²) in [5.41, 5.74) is -1.18. The summed E-state index contributed by atoms with van der Waals surface area (Å²) < 4.78 is 0. The van der Waals surface area contributed by atoms with Crippen LogP contribution in [0.25, 0.3) is 0 Å². The number of nitrogens with zero attached hydrogens (tertiary/aromatic N) is 3. The highest BCUT2D eigenvalue weighted by Gasteiger charge is 2.48. The van der Waals surface area contributed by atoms with Gasteiger partial charge in [0.25, 0.3) is 23.4 Å². The van der Waals surface area contributed by atoms with Crippen molar-refractivity contribution in [2.75, 3.05) is 0 Å². The highest BCUT2D eigenvalue weighted by molar-refractivity contribution is 6.37. The minimum Gasteiger partial charge on any atom is -0.292 e. The van der Waals surface area contributed by atoms with Crippen molar-refractivity contribution in [3.05, 3.63) is 109 Å². The molecule has 1 aliphatic rings. The third-order valence-corrected chi connectivity index (χ3v) is 6.24. The van der Waals surface area contributed by atoms with E-state index >= 15 is 0 Å². The van der Waals surface area contributed by atoms with Crippen molar-refractivity contribution >= 4 is 52.4 Å². The van der Waals surface area contributed by atoms with Crippen molar-refractivity contribution in [3.63, 3.8) is 0 Å². The van der Waals surface area contributed by atoms with Crippen LogP contribution in [0, 0.1) is 10.1 Å². The lowest BCUT2D eigenvalue weighted by Crippen LogP contribution is -2.57. The van der Waals surface area contributed by atoms with E-state index in [-0.39, 0.29) is 33.2 Å². The summed E-state index contributed by atoms with van der Waals surface area (Å²) in [7, 11) is 0. The molecule has 0 radical (unpaired) electrons. The van der Waals surface area contributed by atoms with Gasteiger partial charge in [0.15, 0.2) is 5.78 Å². The maximum absolute atomic E-state index is 13.8. The molecule has 1 aliphatic heterocycles. The lowest BCUT2D eigenvalue weighted by atomic mass is 10.0. The number of nitro groups is 1. The maximum Gasteiger partial charge on any atom is 0.287 e. The summed E-state index contributed by atoms with van der Waals surface area (Å²) in [6, 6.07) is 14.3. The Morgan fingerprint density at radius 2 is 1.69 bits per heavy atom. The normalized spacial score (nSPS) is 13.4. The molecule has 0 aliphatic carbocycles. The van der Waals surface area contributed by atoms with Crippen LogP contribution in [0.5, 0.6) is 0 Å². The van der Waals surface area contributed by atoms with Crippen LogP contribution in [0.4, 0.5) is 5.69 Å². The fraction of sp³-hybridized carbons (Fsp3) is 0.120. The standard InChI is InChI=1S/C25H17Cl2N3O6/c1-2-19(22(31)14-7-4-3-5-8-14)28(23(32)16-12-11-15(26)13-18(16)27)29-24(33)17-9-6-10-20(30(35)36)21(17)25(29)34/h3-13,19H,2H2,1H3/t19-/m1/s1. The fourth-order valence-corrected chi connectivity index (χ4v) is 4.51. The molecule has 0 unspecified atom stereocenters. The third-order valence-electron chi connectivity index (χ3n) is 5.70. The number of rotatable bonds is 7. The van der Waals surface area contributed by atoms with E-state index in [0.29, 0.717) is 5.01 Å². The van der Waals surface area contributed by atoms with E-state index in [4.69, 9.17) is 23.2 Å². The van der Waals surface area contributed by atoms with Crippen LogP contribution >= 0.6 is 23.2 Å². The molecule has 1 atom stereocenters. The molecule has 0 bridgehead atoms. The van der Waals surface area contributed by atoms with Crippen molar-refractivity contribution < 1.29 is 24.1 Å². The van der Waals surface area contributed by atoms with E-state index in [2.05, 4.69) is 0 Å². The molecule has 36 heavy (non-hydrogen) atoms. The zero-order valence-electron chi connectivity index (χ0n) is 18.7. The van der Waals surface area contributed by atoms with E-state index < -0.39 is 45.7 Å². The predicted molar refractivity (Wildman–Crippen MR) is 131 cm³/mol. The SMILES string of the molecule is CC[C@H](C(=O)c1ccccc1)N(C(=O)c1ccc(Cl)cc1Cl)N1C(=O)c2cccc([N+](=O)[O-])c2C1=O. The van der Waals surface area contributed by atoms with Gasteiger partial charge >= 0.3 is 0 Å². The zero-order valence-corrected chi connectivity index (χ0v) is 20.2. The first-order valence-corrected chi connectivity index (χ1v) is 11.5. The number of carbonyl (C=O) groups is 4. The fourth-order valence-electron chi connectivity index (χ4n) is 4.03. The quantitative estimate of drug-likeness (QED) is 0.180. The minimum atomic E-state index is -1.31. The molecule has 182 valence electrons. The van der Waals surface area contributed by atoms with Gasteiger partial charge in [-0.25, -0.2) is 5.01 Å². The summed E-state index contributed by atoms with van der Waals surface area (Å²) in [6.07, 6.45) is 0.0141. The number of ketones is 1. The molecule has 4 rings (SSSR count). The van der Waals surface area contributed by atoms with Crippen molar-refractivity contribution in [3.8, 4) is 0 Å². The predicted octanol–water partition coefficient (Wildman–Crippen LogP) is 5.22. The lowest BCUT2D eigenvalue weighted by Gasteiger charge is -2.35. The number of Topliss-reactive ketones (excluding diaryl/α,β-unsaturated/α-hetero) is 1. The van der Waals surface area contributed by atoms with Gasteiger partial charge in [0.05, 0.1) is 21.1 Å². The maximum atomic E-state index is 13.8. The van der Waals surface area contributed by atoms with Gasteiger partial charge in [-0.1, -0.05) is 66.5 Å². The van der Waals surface area contributed by atoms with Gasteiger partial charge in [0.1, 0.15) is 11.6 Å². The zero-order chi connectivity index (χ0) is 26.1. The second kappa shape index (κ2) is 9.88. The number of hydrogen-bond donors (Lipinski definition) is 0. The Morgan fingerprint density at radius 3 is 2.31 bits per heavy atom. The van der Waals surface area contributed by atoms with E-state index in [1.807, 2.05) is 0 Å². The molecule has 3 aromatic rings. The van der Waals surface area contributed by atoms with Crippen molar-refractivity contribution in [2.24, 2.45) is 0 Å². The van der Waals surface area contributed by atoms with Gasteiger partial charge in [-0.2, -0.15) is 5.01 Å². The van der Waals surface area contributed by atoms with Crippen LogP contribution in [-0.2, 0) is 0 Å². The molecule has 3 amide bonds. The highest BCUT2D eigenvalue weighted by atomic mass is 35.5. The number of benzene rings is 3. The van der Waals surface area contributed by atoms with Gasteiger partial charge in [0.2, 0.25) is 0 Å². The molecular formula is C25H17Cl2N3O6. The molecule has 9 nitrogen and oxygen atoms in total. The molecule has 0 aromatic heterocycles. The molecule has 0 spiro atoms. The van der Waals surface area contributed by atoms with Crippen molar-refractivity contribution in [1.29, 1.82) is 0 Å². The Morgan fingerprint density at radius 1 is 1.00 bits per heavy atom. The summed E-state index contributed by atoms with van der Waals surface area (Å²) >= 11 is 12.2. The van der Waals surface area contributed by atoms with Crippen LogP contribution in [0.1, 0.15) is 54.8 Å². The van der Waals surface area contributed by atoms with Crippen LogP contribution in [0.3, 0.4) is 0 Å². The van der Waals surface area contributed by atoms with E-state index in [9.17, 15) is 29.3 Å². The van der Waals surface area contributed by atoms with Gasteiger partial charge in [-0.05, 0) is 30.7 Å². The van der Waals surface area contributed by atoms with Crippen LogP contribution in [0.15, 0.2) is 66.7 Å². The second-order valence-corrected chi connectivity index (χ2v) is 8.65. The van der Waals surface area contributed by atoms with Gasteiger partial charge < -0.3 is 0 Å². The number of halogens is 2. The molecular weight excluding hydrogens is 509 g/mol. The Kier molecular flexibility index (Phi) is 6.87. The summed E-state index contributed by atoms with van der Waals surface area (Å²) in [6.45, 7) is 1.61.